The molecule has 1 rings (SSSR count). The summed E-state index contributed by atoms with van der Waals surface area (Å²) in [5.41, 5.74) is 0. The summed E-state index contributed by atoms with van der Waals surface area (Å²) in [7, 11) is 0. The summed E-state index contributed by atoms with van der Waals surface area (Å²) in [6, 6.07) is 4.13. The van der Waals surface area contributed by atoms with Crippen LogP contribution in [0.1, 0.15) is 37.1 Å². The summed E-state index contributed by atoms with van der Waals surface area (Å²) < 4.78 is 0. The minimum Gasteiger partial charge on any atom is -0.481 e. The monoisotopic (exact) mass is 253 g/mol. The highest BCUT2D eigenvalue weighted by Crippen LogP contribution is 2.23. The first-order valence-corrected chi connectivity index (χ1v) is 6.63. The topological polar surface area (TPSA) is 49.3 Å². The molecule has 0 fully saturated rings. The summed E-state index contributed by atoms with van der Waals surface area (Å²) in [5.74, 6) is -0.771. The molecule has 0 radical (unpaired) electrons. The number of allylic oxidation sites excluding steroid dienone is 1. The third-order valence-corrected chi connectivity index (χ3v) is 3.54. The van der Waals surface area contributed by atoms with E-state index in [9.17, 15) is 4.79 Å². The zero-order valence-electron chi connectivity index (χ0n) is 10.1. The summed E-state index contributed by atoms with van der Waals surface area (Å²) in [4.78, 5) is 11.9. The van der Waals surface area contributed by atoms with Crippen molar-refractivity contribution < 1.29 is 9.90 Å². The highest BCUT2D eigenvalue weighted by molar-refractivity contribution is 7.10. The van der Waals surface area contributed by atoms with Crippen molar-refractivity contribution in [1.29, 1.82) is 0 Å². The maximum Gasteiger partial charge on any atom is 0.305 e. The van der Waals surface area contributed by atoms with Crippen molar-refractivity contribution in [3.63, 3.8) is 0 Å². The van der Waals surface area contributed by atoms with E-state index in [0.29, 0.717) is 6.04 Å². The second kappa shape index (κ2) is 7.25. The first-order chi connectivity index (χ1) is 8.13. The Morgan fingerprint density at radius 2 is 2.47 bits per heavy atom. The lowest BCUT2D eigenvalue weighted by molar-refractivity contribution is -0.137. The Kier molecular flexibility index (Phi) is 5.94. The number of carbonyl (C=O) groups is 1. The molecule has 3 nitrogen and oxygen atoms in total. The predicted molar refractivity (Wildman–Crippen MR) is 71.3 cm³/mol. The lowest BCUT2D eigenvalue weighted by atomic mass is 10.1. The second-order valence-electron chi connectivity index (χ2n) is 4.10. The van der Waals surface area contributed by atoms with E-state index in [1.807, 2.05) is 23.6 Å². The largest absolute Gasteiger partial charge is 0.481 e. The Balaban J connectivity index is 2.58. The molecule has 1 aromatic heterocycles. The standard InChI is InChI=1S/C13H19NO2S/c1-3-4-6-10(2)14-11(9-13(15)16)12-7-5-8-17-12/h3,5,7-8,10-11,14H,1,4,6,9H2,2H3,(H,15,16). The smallest absolute Gasteiger partial charge is 0.305 e. The molecular weight excluding hydrogens is 234 g/mol. The van der Waals surface area contributed by atoms with Crippen molar-refractivity contribution in [2.75, 3.05) is 0 Å². The highest BCUT2D eigenvalue weighted by Gasteiger charge is 2.18. The summed E-state index contributed by atoms with van der Waals surface area (Å²) >= 11 is 1.59. The molecule has 0 amide bonds. The number of rotatable bonds is 8. The molecule has 0 aliphatic rings. The zero-order valence-corrected chi connectivity index (χ0v) is 10.9. The molecule has 2 unspecified atom stereocenters. The van der Waals surface area contributed by atoms with E-state index < -0.39 is 5.97 Å². The van der Waals surface area contributed by atoms with Gasteiger partial charge in [-0.3, -0.25) is 4.79 Å². The SMILES string of the molecule is C=CCCC(C)NC(CC(=O)O)c1cccs1. The highest BCUT2D eigenvalue weighted by atomic mass is 32.1. The van der Waals surface area contributed by atoms with Crippen LogP contribution < -0.4 is 5.32 Å². The van der Waals surface area contributed by atoms with Crippen LogP contribution in [-0.2, 0) is 4.79 Å². The molecule has 94 valence electrons. The van der Waals surface area contributed by atoms with Gasteiger partial charge in [0, 0.05) is 10.9 Å². The normalized spacial score (nSPS) is 14.2. The van der Waals surface area contributed by atoms with Gasteiger partial charge in [0.2, 0.25) is 0 Å². The van der Waals surface area contributed by atoms with Crippen molar-refractivity contribution in [2.45, 2.75) is 38.3 Å². The second-order valence-corrected chi connectivity index (χ2v) is 5.08. The molecule has 0 aromatic carbocycles. The van der Waals surface area contributed by atoms with E-state index in [0.717, 1.165) is 17.7 Å². The van der Waals surface area contributed by atoms with Crippen LogP contribution in [0.15, 0.2) is 30.2 Å². The average molecular weight is 253 g/mol. The van der Waals surface area contributed by atoms with E-state index in [4.69, 9.17) is 5.11 Å². The van der Waals surface area contributed by atoms with Crippen LogP contribution in [0.5, 0.6) is 0 Å². The van der Waals surface area contributed by atoms with Gasteiger partial charge < -0.3 is 10.4 Å². The maximum absolute atomic E-state index is 10.8. The van der Waals surface area contributed by atoms with Gasteiger partial charge in [0.1, 0.15) is 0 Å². The van der Waals surface area contributed by atoms with Gasteiger partial charge in [-0.2, -0.15) is 0 Å². The third-order valence-electron chi connectivity index (χ3n) is 2.55. The number of thiophene rings is 1. The van der Waals surface area contributed by atoms with Gasteiger partial charge in [0.25, 0.3) is 0 Å². The zero-order chi connectivity index (χ0) is 12.7. The van der Waals surface area contributed by atoms with Crippen molar-refractivity contribution in [3.8, 4) is 0 Å². The quantitative estimate of drug-likeness (QED) is 0.699. The molecule has 1 aromatic rings. The molecule has 2 atom stereocenters. The van der Waals surface area contributed by atoms with Gasteiger partial charge >= 0.3 is 5.97 Å². The fourth-order valence-electron chi connectivity index (χ4n) is 1.70. The molecule has 2 N–H and O–H groups in total. The molecule has 0 spiro atoms. The Morgan fingerprint density at radius 3 is 3.00 bits per heavy atom. The van der Waals surface area contributed by atoms with Gasteiger partial charge in [0.05, 0.1) is 12.5 Å². The Bertz CT molecular complexity index is 348. The van der Waals surface area contributed by atoms with Crippen LogP contribution >= 0.6 is 11.3 Å². The van der Waals surface area contributed by atoms with Crippen LogP contribution in [0.2, 0.25) is 0 Å². The predicted octanol–water partition coefficient (Wildman–Crippen LogP) is 3.21. The van der Waals surface area contributed by atoms with Crippen molar-refractivity contribution in [2.24, 2.45) is 0 Å². The average Bonchev–Trinajstić information content (AvgIpc) is 2.78. The number of aliphatic carboxylic acids is 1. The van der Waals surface area contributed by atoms with Crippen molar-refractivity contribution >= 4 is 17.3 Å². The van der Waals surface area contributed by atoms with Crippen LogP contribution in [0.4, 0.5) is 0 Å². The third kappa shape index (κ3) is 5.15. The van der Waals surface area contributed by atoms with Crippen LogP contribution in [0.3, 0.4) is 0 Å². The summed E-state index contributed by atoms with van der Waals surface area (Å²) in [5, 5.41) is 14.3. The van der Waals surface area contributed by atoms with Crippen molar-refractivity contribution in [1.82, 2.24) is 5.32 Å². The van der Waals surface area contributed by atoms with Crippen LogP contribution in [0, 0.1) is 0 Å². The molecule has 1 heterocycles. The summed E-state index contributed by atoms with van der Waals surface area (Å²) in [6.45, 7) is 5.77. The van der Waals surface area contributed by atoms with E-state index in [-0.39, 0.29) is 12.5 Å². The minimum atomic E-state index is -0.771. The number of nitrogens with one attached hydrogen (secondary N) is 1. The molecule has 17 heavy (non-hydrogen) atoms. The first kappa shape index (κ1) is 13.9. The Labute approximate surface area is 106 Å². The summed E-state index contributed by atoms with van der Waals surface area (Å²) in [6.07, 6.45) is 3.93. The Morgan fingerprint density at radius 1 is 1.71 bits per heavy atom. The number of hydrogen-bond acceptors (Lipinski definition) is 3. The number of carboxylic acids is 1. The first-order valence-electron chi connectivity index (χ1n) is 5.75. The minimum absolute atomic E-state index is 0.0904. The van der Waals surface area contributed by atoms with Gasteiger partial charge in [-0.1, -0.05) is 12.1 Å². The molecule has 0 saturated heterocycles. The number of hydrogen-bond donors (Lipinski definition) is 2. The molecule has 0 aliphatic heterocycles. The van der Waals surface area contributed by atoms with Crippen molar-refractivity contribution in [3.05, 3.63) is 35.0 Å². The van der Waals surface area contributed by atoms with Crippen LogP contribution in [-0.4, -0.2) is 17.1 Å². The van der Waals surface area contributed by atoms with E-state index in [2.05, 4.69) is 18.8 Å². The van der Waals surface area contributed by atoms with Crippen LogP contribution in [0.25, 0.3) is 0 Å². The van der Waals surface area contributed by atoms with E-state index in [1.165, 1.54) is 0 Å². The molecule has 4 heteroatoms. The van der Waals surface area contributed by atoms with Gasteiger partial charge in [-0.25, -0.2) is 0 Å². The fourth-order valence-corrected chi connectivity index (χ4v) is 2.49. The fraction of sp³-hybridized carbons (Fsp3) is 0.462. The van der Waals surface area contributed by atoms with E-state index in [1.54, 1.807) is 11.3 Å². The Hall–Kier alpha value is -1.13. The molecule has 0 aliphatic carbocycles. The van der Waals surface area contributed by atoms with Gasteiger partial charge in [-0.15, -0.1) is 17.9 Å². The molecule has 0 saturated carbocycles. The molecular formula is C13H19NO2S. The van der Waals surface area contributed by atoms with Gasteiger partial charge in [-0.05, 0) is 31.2 Å². The molecule has 0 bridgehead atoms. The maximum atomic E-state index is 10.8. The lowest BCUT2D eigenvalue weighted by Crippen LogP contribution is -2.31. The van der Waals surface area contributed by atoms with E-state index >= 15 is 0 Å². The number of carboxylic acid groups (broad SMARTS) is 1. The lowest BCUT2D eigenvalue weighted by Gasteiger charge is -2.20. The van der Waals surface area contributed by atoms with Gasteiger partial charge in [0.15, 0.2) is 0 Å².